The fourth-order valence-corrected chi connectivity index (χ4v) is 2.57. The quantitative estimate of drug-likeness (QED) is 0.761. The summed E-state index contributed by atoms with van der Waals surface area (Å²) in [4.78, 5) is 14.1. The van der Waals surface area contributed by atoms with Crippen LogP contribution in [0.4, 0.5) is 5.69 Å². The van der Waals surface area contributed by atoms with Crippen LogP contribution in [-0.4, -0.2) is 30.9 Å². The molecule has 0 heterocycles. The van der Waals surface area contributed by atoms with E-state index in [0.29, 0.717) is 18.4 Å². The molecular formula is C19H32N2O. The van der Waals surface area contributed by atoms with Crippen LogP contribution in [0.25, 0.3) is 0 Å². The average Bonchev–Trinajstić information content (AvgIpc) is 2.49. The van der Waals surface area contributed by atoms with Crippen LogP contribution in [0.5, 0.6) is 0 Å². The molecule has 1 amide bonds. The molecule has 0 aliphatic heterocycles. The third-order valence-electron chi connectivity index (χ3n) is 4.06. The highest BCUT2D eigenvalue weighted by molar-refractivity contribution is 5.81. The molecular weight excluding hydrogens is 272 g/mol. The first-order valence-corrected chi connectivity index (χ1v) is 8.49. The van der Waals surface area contributed by atoms with E-state index in [9.17, 15) is 4.79 Å². The number of unbranched alkanes of at least 4 members (excludes halogenated alkanes) is 1. The van der Waals surface area contributed by atoms with Crippen molar-refractivity contribution in [1.82, 2.24) is 4.90 Å². The zero-order valence-corrected chi connectivity index (χ0v) is 15.1. The minimum absolute atomic E-state index is 0.154. The highest BCUT2D eigenvalue weighted by Gasteiger charge is 2.15. The summed E-state index contributed by atoms with van der Waals surface area (Å²) in [5, 5.41) is 3.41. The number of likely N-dealkylation sites (N-methyl/N-ethyl adjacent to an activating group) is 1. The summed E-state index contributed by atoms with van der Waals surface area (Å²) >= 11 is 0. The smallest absolute Gasteiger partial charge is 0.241 e. The number of nitrogens with one attached hydrogen (secondary N) is 1. The van der Waals surface area contributed by atoms with E-state index < -0.39 is 0 Å². The van der Waals surface area contributed by atoms with Gasteiger partial charge in [0, 0.05) is 19.3 Å². The van der Waals surface area contributed by atoms with Crippen LogP contribution in [0.1, 0.15) is 70.4 Å². The van der Waals surface area contributed by atoms with Gasteiger partial charge in [-0.05, 0) is 29.4 Å². The van der Waals surface area contributed by atoms with Crippen molar-refractivity contribution in [2.75, 3.05) is 25.5 Å². The monoisotopic (exact) mass is 304 g/mol. The van der Waals surface area contributed by atoms with Crippen molar-refractivity contribution in [2.45, 2.75) is 59.3 Å². The molecule has 22 heavy (non-hydrogen) atoms. The fourth-order valence-electron chi connectivity index (χ4n) is 2.57. The SMILES string of the molecule is CCCCN(C)C(=O)CNc1c(C(C)C)cccc1C(C)C. The predicted octanol–water partition coefficient (Wildman–Crippen LogP) is 4.60. The summed E-state index contributed by atoms with van der Waals surface area (Å²) in [6.45, 7) is 12.1. The standard InChI is InChI=1S/C19H32N2O/c1-7-8-12-21(6)18(22)13-20-19-16(14(2)3)10-9-11-17(19)15(4)5/h9-11,14-15,20H,7-8,12-13H2,1-6H3. The van der Waals surface area contributed by atoms with Gasteiger partial charge in [-0.3, -0.25) is 4.79 Å². The lowest BCUT2D eigenvalue weighted by molar-refractivity contribution is -0.128. The summed E-state index contributed by atoms with van der Waals surface area (Å²) in [6.07, 6.45) is 2.17. The fraction of sp³-hybridized carbons (Fsp3) is 0.632. The minimum Gasteiger partial charge on any atom is -0.376 e. The number of carbonyl (C=O) groups excluding carboxylic acids is 1. The molecule has 0 bridgehead atoms. The number of rotatable bonds is 8. The number of para-hydroxylation sites is 1. The van der Waals surface area contributed by atoms with Gasteiger partial charge in [-0.25, -0.2) is 0 Å². The van der Waals surface area contributed by atoms with Crippen LogP contribution in [-0.2, 0) is 4.79 Å². The van der Waals surface area contributed by atoms with Crippen LogP contribution in [0.15, 0.2) is 18.2 Å². The second-order valence-corrected chi connectivity index (χ2v) is 6.64. The van der Waals surface area contributed by atoms with Gasteiger partial charge in [0.15, 0.2) is 0 Å². The summed E-state index contributed by atoms with van der Waals surface area (Å²) in [5.74, 6) is 1.03. The van der Waals surface area contributed by atoms with Crippen LogP contribution in [0, 0.1) is 0 Å². The molecule has 0 aromatic heterocycles. The Hall–Kier alpha value is -1.51. The molecule has 3 heteroatoms. The summed E-state index contributed by atoms with van der Waals surface area (Å²) in [5.41, 5.74) is 3.72. The van der Waals surface area contributed by atoms with Crippen LogP contribution >= 0.6 is 0 Å². The Morgan fingerprint density at radius 3 is 2.14 bits per heavy atom. The maximum absolute atomic E-state index is 12.2. The van der Waals surface area contributed by atoms with Crippen LogP contribution < -0.4 is 5.32 Å². The van der Waals surface area contributed by atoms with E-state index in [4.69, 9.17) is 0 Å². The zero-order chi connectivity index (χ0) is 16.7. The number of hydrogen-bond acceptors (Lipinski definition) is 2. The largest absolute Gasteiger partial charge is 0.376 e. The van der Waals surface area contributed by atoms with Gasteiger partial charge < -0.3 is 10.2 Å². The third-order valence-corrected chi connectivity index (χ3v) is 4.06. The number of nitrogens with zero attached hydrogens (tertiary/aromatic N) is 1. The van der Waals surface area contributed by atoms with E-state index in [0.717, 1.165) is 25.1 Å². The van der Waals surface area contributed by atoms with Crippen LogP contribution in [0.2, 0.25) is 0 Å². The first-order chi connectivity index (χ1) is 10.4. The molecule has 124 valence electrons. The summed E-state index contributed by atoms with van der Waals surface area (Å²) in [7, 11) is 1.89. The molecule has 0 saturated heterocycles. The topological polar surface area (TPSA) is 32.3 Å². The third kappa shape index (κ3) is 5.04. The molecule has 0 spiro atoms. The van der Waals surface area contributed by atoms with Crippen molar-refractivity contribution >= 4 is 11.6 Å². The Labute approximate surface area is 136 Å². The van der Waals surface area contributed by atoms with E-state index >= 15 is 0 Å². The minimum atomic E-state index is 0.154. The van der Waals surface area contributed by atoms with Gasteiger partial charge >= 0.3 is 0 Å². The molecule has 1 aromatic carbocycles. The number of amides is 1. The number of hydrogen-bond donors (Lipinski definition) is 1. The van der Waals surface area contributed by atoms with Crippen LogP contribution in [0.3, 0.4) is 0 Å². The van der Waals surface area contributed by atoms with Gasteiger partial charge in [0.25, 0.3) is 0 Å². The first kappa shape index (κ1) is 18.5. The molecule has 0 unspecified atom stereocenters. The molecule has 0 fully saturated rings. The Morgan fingerprint density at radius 1 is 1.14 bits per heavy atom. The van der Waals surface area contributed by atoms with E-state index in [1.165, 1.54) is 11.1 Å². The summed E-state index contributed by atoms with van der Waals surface area (Å²) in [6, 6.07) is 6.43. The van der Waals surface area contributed by atoms with Gasteiger partial charge in [-0.15, -0.1) is 0 Å². The molecule has 0 aliphatic rings. The van der Waals surface area contributed by atoms with Crippen molar-refractivity contribution in [1.29, 1.82) is 0 Å². The Bertz CT molecular complexity index is 454. The summed E-state index contributed by atoms with van der Waals surface area (Å²) < 4.78 is 0. The molecule has 0 saturated carbocycles. The van der Waals surface area contributed by atoms with Crippen molar-refractivity contribution in [3.05, 3.63) is 29.3 Å². The average molecular weight is 304 g/mol. The molecule has 0 atom stereocenters. The van der Waals surface area contributed by atoms with Crippen molar-refractivity contribution in [2.24, 2.45) is 0 Å². The lowest BCUT2D eigenvalue weighted by atomic mass is 9.92. The van der Waals surface area contributed by atoms with Crippen molar-refractivity contribution in [3.8, 4) is 0 Å². The second-order valence-electron chi connectivity index (χ2n) is 6.64. The van der Waals surface area contributed by atoms with E-state index in [1.54, 1.807) is 0 Å². The Morgan fingerprint density at radius 2 is 1.68 bits per heavy atom. The molecule has 0 radical (unpaired) electrons. The highest BCUT2D eigenvalue weighted by atomic mass is 16.2. The van der Waals surface area contributed by atoms with Gasteiger partial charge in [0.1, 0.15) is 0 Å². The predicted molar refractivity (Wildman–Crippen MR) is 95.7 cm³/mol. The van der Waals surface area contributed by atoms with Gasteiger partial charge in [-0.1, -0.05) is 59.2 Å². The highest BCUT2D eigenvalue weighted by Crippen LogP contribution is 2.32. The number of anilines is 1. The van der Waals surface area contributed by atoms with Gasteiger partial charge in [0.2, 0.25) is 5.91 Å². The van der Waals surface area contributed by atoms with Gasteiger partial charge in [0.05, 0.1) is 6.54 Å². The number of carbonyl (C=O) groups is 1. The maximum atomic E-state index is 12.2. The molecule has 1 N–H and O–H groups in total. The maximum Gasteiger partial charge on any atom is 0.241 e. The number of benzene rings is 1. The second kappa shape index (κ2) is 8.82. The van der Waals surface area contributed by atoms with E-state index in [1.807, 2.05) is 11.9 Å². The molecule has 3 nitrogen and oxygen atoms in total. The Balaban J connectivity index is 2.85. The molecule has 1 rings (SSSR count). The lowest BCUT2D eigenvalue weighted by Gasteiger charge is -2.22. The van der Waals surface area contributed by atoms with Gasteiger partial charge in [-0.2, -0.15) is 0 Å². The molecule has 0 aliphatic carbocycles. The van der Waals surface area contributed by atoms with Crippen molar-refractivity contribution in [3.63, 3.8) is 0 Å². The first-order valence-electron chi connectivity index (χ1n) is 8.49. The normalized spacial score (nSPS) is 11.1. The molecule has 1 aromatic rings. The zero-order valence-electron chi connectivity index (χ0n) is 15.1. The lowest BCUT2D eigenvalue weighted by Crippen LogP contribution is -2.33. The van der Waals surface area contributed by atoms with E-state index in [2.05, 4.69) is 58.1 Å². The van der Waals surface area contributed by atoms with Crippen molar-refractivity contribution < 1.29 is 4.79 Å². The van der Waals surface area contributed by atoms with E-state index in [-0.39, 0.29) is 5.91 Å². The Kier molecular flexibility index (Phi) is 7.43.